The Balaban J connectivity index is 1.54. The highest BCUT2D eigenvalue weighted by atomic mass is 32.1. The summed E-state index contributed by atoms with van der Waals surface area (Å²) in [6.07, 6.45) is 5.14. The third-order valence-corrected chi connectivity index (χ3v) is 5.79. The first-order valence-electron chi connectivity index (χ1n) is 9.25. The Morgan fingerprint density at radius 2 is 2.16 bits per heavy atom. The van der Waals surface area contributed by atoms with Crippen molar-refractivity contribution in [3.05, 3.63) is 51.5 Å². The van der Waals surface area contributed by atoms with Crippen LogP contribution in [0, 0.1) is 6.92 Å². The van der Waals surface area contributed by atoms with Crippen molar-refractivity contribution in [1.29, 1.82) is 0 Å². The third-order valence-electron chi connectivity index (χ3n) is 4.59. The van der Waals surface area contributed by atoms with Crippen molar-refractivity contribution in [2.75, 3.05) is 13.1 Å². The number of aromatic nitrogens is 1. The fourth-order valence-corrected chi connectivity index (χ4v) is 3.94. The van der Waals surface area contributed by atoms with Crippen LogP contribution in [0.2, 0.25) is 0 Å². The zero-order valence-electron chi connectivity index (χ0n) is 15.4. The lowest BCUT2D eigenvalue weighted by molar-refractivity contribution is 0.790. The van der Waals surface area contributed by atoms with Gasteiger partial charge in [-0.1, -0.05) is 31.2 Å². The van der Waals surface area contributed by atoms with Crippen molar-refractivity contribution < 1.29 is 0 Å². The lowest BCUT2D eigenvalue weighted by Gasteiger charge is -2.11. The van der Waals surface area contributed by atoms with Gasteiger partial charge in [-0.2, -0.15) is 0 Å². The van der Waals surface area contributed by atoms with Gasteiger partial charge in [0.25, 0.3) is 0 Å². The number of hydrogen-bond donors (Lipinski definition) is 2. The summed E-state index contributed by atoms with van der Waals surface area (Å²) in [5.41, 5.74) is 2.85. The zero-order valence-corrected chi connectivity index (χ0v) is 16.2. The molecule has 134 valence electrons. The van der Waals surface area contributed by atoms with Crippen LogP contribution in [0.1, 0.15) is 47.2 Å². The van der Waals surface area contributed by atoms with E-state index in [1.54, 1.807) is 11.3 Å². The number of guanidine groups is 1. The first-order valence-corrected chi connectivity index (χ1v) is 10.1. The normalized spacial score (nSPS) is 19.7. The molecule has 1 aliphatic carbocycles. The second-order valence-electron chi connectivity index (χ2n) is 6.53. The molecule has 0 aliphatic heterocycles. The van der Waals surface area contributed by atoms with Crippen LogP contribution in [0.25, 0.3) is 0 Å². The molecule has 4 nitrogen and oxygen atoms in total. The minimum absolute atomic E-state index is 0.491. The van der Waals surface area contributed by atoms with Crippen molar-refractivity contribution in [3.8, 4) is 0 Å². The summed E-state index contributed by atoms with van der Waals surface area (Å²) in [5, 5.41) is 8.14. The fourth-order valence-electron chi connectivity index (χ4n) is 3.09. The van der Waals surface area contributed by atoms with E-state index in [1.807, 2.05) is 6.20 Å². The highest BCUT2D eigenvalue weighted by Crippen LogP contribution is 2.41. The number of nitrogens with one attached hydrogen (secondary N) is 2. The molecule has 0 amide bonds. The number of aryl methyl sites for hydroxylation is 2. The first-order chi connectivity index (χ1) is 12.2. The molecule has 2 N–H and O–H groups in total. The molecule has 1 aromatic heterocycles. The van der Waals surface area contributed by atoms with Crippen LogP contribution in [-0.2, 0) is 12.8 Å². The smallest absolute Gasteiger partial charge is 0.191 e. The Morgan fingerprint density at radius 3 is 2.88 bits per heavy atom. The molecule has 0 spiro atoms. The second kappa shape index (κ2) is 8.48. The lowest BCUT2D eigenvalue weighted by Crippen LogP contribution is -2.39. The van der Waals surface area contributed by atoms with Crippen molar-refractivity contribution in [2.45, 2.75) is 52.0 Å². The molecule has 2 atom stereocenters. The van der Waals surface area contributed by atoms with Crippen molar-refractivity contribution >= 4 is 17.3 Å². The molecule has 1 aliphatic rings. The van der Waals surface area contributed by atoms with Gasteiger partial charge in [-0.05, 0) is 37.8 Å². The average molecular weight is 357 g/mol. The van der Waals surface area contributed by atoms with Gasteiger partial charge in [0.05, 0.1) is 5.01 Å². The highest BCUT2D eigenvalue weighted by molar-refractivity contribution is 7.11. The maximum Gasteiger partial charge on any atom is 0.191 e. The van der Waals surface area contributed by atoms with Gasteiger partial charge in [-0.3, -0.25) is 4.99 Å². The molecule has 25 heavy (non-hydrogen) atoms. The molecular weight excluding hydrogens is 328 g/mol. The van der Waals surface area contributed by atoms with Gasteiger partial charge >= 0.3 is 0 Å². The van der Waals surface area contributed by atoms with Crippen LogP contribution in [0.4, 0.5) is 0 Å². The number of aliphatic imine (C=N–C) groups is 1. The van der Waals surface area contributed by atoms with Crippen LogP contribution in [0.3, 0.4) is 0 Å². The number of rotatable bonds is 7. The molecule has 1 fully saturated rings. The van der Waals surface area contributed by atoms with Gasteiger partial charge in [0.1, 0.15) is 0 Å². The number of thiazole rings is 1. The minimum atomic E-state index is 0.491. The average Bonchev–Trinajstić information content (AvgIpc) is 3.21. The molecule has 5 heteroatoms. The number of benzene rings is 1. The van der Waals surface area contributed by atoms with E-state index in [0.29, 0.717) is 12.0 Å². The van der Waals surface area contributed by atoms with Crippen molar-refractivity contribution in [1.82, 2.24) is 15.6 Å². The Labute approximate surface area is 154 Å². The van der Waals surface area contributed by atoms with Gasteiger partial charge in [0.15, 0.2) is 5.96 Å². The molecule has 0 saturated heterocycles. The largest absolute Gasteiger partial charge is 0.357 e. The van der Waals surface area contributed by atoms with E-state index in [1.165, 1.54) is 27.4 Å². The molecule has 2 aromatic rings. The molecular formula is C20H28N4S. The van der Waals surface area contributed by atoms with Gasteiger partial charge < -0.3 is 10.6 Å². The minimum Gasteiger partial charge on any atom is -0.357 e. The Hall–Kier alpha value is -1.88. The number of hydrogen-bond acceptors (Lipinski definition) is 3. The highest BCUT2D eigenvalue weighted by Gasteiger charge is 2.39. The summed E-state index contributed by atoms with van der Waals surface area (Å²) in [4.78, 5) is 10.6. The zero-order chi connectivity index (χ0) is 17.6. The first kappa shape index (κ1) is 17.9. The quantitative estimate of drug-likeness (QED) is 0.588. The predicted molar refractivity (Wildman–Crippen MR) is 107 cm³/mol. The SMILES string of the molecule is CCNC(=NCCc1ncc(CC)s1)NC1CC1c1ccccc1C. The Morgan fingerprint density at radius 1 is 1.32 bits per heavy atom. The van der Waals surface area contributed by atoms with Crippen LogP contribution >= 0.6 is 11.3 Å². The van der Waals surface area contributed by atoms with Gasteiger partial charge in [-0.25, -0.2) is 4.98 Å². The second-order valence-corrected chi connectivity index (χ2v) is 7.73. The van der Waals surface area contributed by atoms with Crippen LogP contribution < -0.4 is 10.6 Å². The predicted octanol–water partition coefficient (Wildman–Crippen LogP) is 3.67. The summed E-state index contributed by atoms with van der Waals surface area (Å²) in [6.45, 7) is 8.13. The Bertz CT molecular complexity index is 722. The van der Waals surface area contributed by atoms with E-state index in [2.05, 4.69) is 60.7 Å². The maximum absolute atomic E-state index is 4.74. The summed E-state index contributed by atoms with van der Waals surface area (Å²) in [5.74, 6) is 1.53. The summed E-state index contributed by atoms with van der Waals surface area (Å²) in [6, 6.07) is 9.18. The van der Waals surface area contributed by atoms with Crippen molar-refractivity contribution in [2.24, 2.45) is 4.99 Å². The molecule has 1 heterocycles. The summed E-state index contributed by atoms with van der Waals surface area (Å²) in [7, 11) is 0. The Kier molecular flexibility index (Phi) is 6.08. The van der Waals surface area contributed by atoms with Crippen LogP contribution in [0.5, 0.6) is 0 Å². The third kappa shape index (κ3) is 4.82. The molecule has 0 bridgehead atoms. The van der Waals surface area contributed by atoms with Crippen LogP contribution in [-0.4, -0.2) is 30.1 Å². The summed E-state index contributed by atoms with van der Waals surface area (Å²) >= 11 is 1.80. The molecule has 0 radical (unpaired) electrons. The van der Waals surface area contributed by atoms with Crippen LogP contribution in [0.15, 0.2) is 35.5 Å². The van der Waals surface area contributed by atoms with E-state index < -0.39 is 0 Å². The van der Waals surface area contributed by atoms with Crippen molar-refractivity contribution in [3.63, 3.8) is 0 Å². The maximum atomic E-state index is 4.74. The molecule has 1 saturated carbocycles. The monoisotopic (exact) mass is 356 g/mol. The van der Waals surface area contributed by atoms with E-state index in [-0.39, 0.29) is 0 Å². The molecule has 2 unspecified atom stereocenters. The van der Waals surface area contributed by atoms with E-state index >= 15 is 0 Å². The topological polar surface area (TPSA) is 49.3 Å². The fraction of sp³-hybridized carbons (Fsp3) is 0.500. The van der Waals surface area contributed by atoms with E-state index in [9.17, 15) is 0 Å². The van der Waals surface area contributed by atoms with E-state index in [4.69, 9.17) is 4.99 Å². The van der Waals surface area contributed by atoms with Gasteiger partial charge in [0.2, 0.25) is 0 Å². The van der Waals surface area contributed by atoms with Gasteiger partial charge in [-0.15, -0.1) is 11.3 Å². The molecule has 3 rings (SSSR count). The lowest BCUT2D eigenvalue weighted by atomic mass is 10.0. The molecule has 1 aromatic carbocycles. The summed E-state index contributed by atoms with van der Waals surface area (Å²) < 4.78 is 0. The standard InChI is InChI=1S/C20H28N4S/c1-4-15-13-23-19(25-15)10-11-22-20(21-5-2)24-18-12-17(18)16-9-7-6-8-14(16)3/h6-9,13,17-18H,4-5,10-12H2,1-3H3,(H2,21,22,24). The number of nitrogens with zero attached hydrogens (tertiary/aromatic N) is 2. The van der Waals surface area contributed by atoms with E-state index in [0.717, 1.165) is 31.9 Å². The van der Waals surface area contributed by atoms with Gasteiger partial charge in [0, 0.05) is 42.5 Å².